The molecule has 3 rings (SSSR count). The maximum Gasteiger partial charge on any atom is 0.251 e. The molecular weight excluding hydrogens is 440 g/mol. The maximum atomic E-state index is 12.9. The fourth-order valence-electron chi connectivity index (χ4n) is 3.09. The van der Waals surface area contributed by atoms with E-state index in [4.69, 9.17) is 4.74 Å². The average molecular weight is 467 g/mol. The van der Waals surface area contributed by atoms with Gasteiger partial charge in [0.1, 0.15) is 6.04 Å². The van der Waals surface area contributed by atoms with Crippen LogP contribution in [0.3, 0.4) is 0 Å². The summed E-state index contributed by atoms with van der Waals surface area (Å²) in [5, 5.41) is 7.71. The minimum absolute atomic E-state index is 0.0332. The number of nitrogens with one attached hydrogen (secondary N) is 2. The van der Waals surface area contributed by atoms with Gasteiger partial charge in [-0.2, -0.15) is 4.31 Å². The van der Waals surface area contributed by atoms with Gasteiger partial charge in [-0.1, -0.05) is 19.9 Å². The van der Waals surface area contributed by atoms with Crippen LogP contribution in [-0.4, -0.2) is 61.9 Å². The summed E-state index contributed by atoms with van der Waals surface area (Å²) >= 11 is 1.30. The largest absolute Gasteiger partial charge is 0.379 e. The second-order valence-electron chi connectivity index (χ2n) is 7.52. The first-order chi connectivity index (χ1) is 14.7. The van der Waals surface area contributed by atoms with Crippen molar-refractivity contribution in [2.45, 2.75) is 31.7 Å². The van der Waals surface area contributed by atoms with Crippen LogP contribution < -0.4 is 10.6 Å². The number of rotatable bonds is 7. The van der Waals surface area contributed by atoms with Crippen LogP contribution in [0.5, 0.6) is 0 Å². The fourth-order valence-corrected chi connectivity index (χ4v) is 5.23. The fraction of sp³-hybridized carbons (Fsp3) is 0.450. The van der Waals surface area contributed by atoms with Crippen LogP contribution >= 0.6 is 11.3 Å². The smallest absolute Gasteiger partial charge is 0.251 e. The van der Waals surface area contributed by atoms with Crippen molar-refractivity contribution in [3.8, 4) is 0 Å². The van der Waals surface area contributed by atoms with Crippen LogP contribution in [-0.2, 0) is 19.6 Å². The summed E-state index contributed by atoms with van der Waals surface area (Å²) in [5.74, 6) is -1.09. The Morgan fingerprint density at radius 3 is 2.55 bits per heavy atom. The Labute approximate surface area is 185 Å². The second kappa shape index (κ2) is 9.86. The van der Waals surface area contributed by atoms with Crippen molar-refractivity contribution < 1.29 is 22.7 Å². The van der Waals surface area contributed by atoms with Gasteiger partial charge in [-0.3, -0.25) is 9.59 Å². The first-order valence-electron chi connectivity index (χ1n) is 9.90. The van der Waals surface area contributed by atoms with Gasteiger partial charge in [0, 0.05) is 24.0 Å². The van der Waals surface area contributed by atoms with E-state index < -0.39 is 22.0 Å². The highest BCUT2D eigenvalue weighted by Crippen LogP contribution is 2.19. The standard InChI is InChI=1S/C20H26N4O5S2/c1-13(2)17(19(26)23-20-21-14(3)12-30-20)22-18(25)15-5-4-6-16(11-15)31(27,28)24-7-9-29-10-8-24/h4-6,11-13,17H,7-10H2,1-3H3,(H,22,25)(H,21,23,26)/t17-/m1/s1. The SMILES string of the molecule is Cc1csc(NC(=O)[C@H](NC(=O)c2cccc(S(=O)(=O)N3CCOCC3)c2)C(C)C)n1. The normalized spacial score (nSPS) is 16.1. The van der Waals surface area contributed by atoms with E-state index in [9.17, 15) is 18.0 Å². The van der Waals surface area contributed by atoms with Crippen LogP contribution in [0.25, 0.3) is 0 Å². The minimum atomic E-state index is -3.73. The molecule has 1 aliphatic heterocycles. The lowest BCUT2D eigenvalue weighted by Crippen LogP contribution is -2.47. The third-order valence-corrected chi connectivity index (χ3v) is 7.56. The molecule has 0 bridgehead atoms. The van der Waals surface area contributed by atoms with E-state index in [2.05, 4.69) is 15.6 Å². The zero-order valence-electron chi connectivity index (χ0n) is 17.6. The number of sulfonamides is 1. The van der Waals surface area contributed by atoms with E-state index in [0.717, 1.165) is 5.69 Å². The summed E-state index contributed by atoms with van der Waals surface area (Å²) in [5.41, 5.74) is 0.960. The first kappa shape index (κ1) is 23.3. The summed E-state index contributed by atoms with van der Waals surface area (Å²) in [6.45, 7) is 6.67. The molecule has 2 heterocycles. The molecule has 0 radical (unpaired) electrons. The van der Waals surface area contributed by atoms with Crippen LogP contribution in [0.15, 0.2) is 34.5 Å². The van der Waals surface area contributed by atoms with Crippen LogP contribution in [0, 0.1) is 12.8 Å². The molecule has 1 aromatic carbocycles. The lowest BCUT2D eigenvalue weighted by Gasteiger charge is -2.26. The lowest BCUT2D eigenvalue weighted by atomic mass is 10.0. The van der Waals surface area contributed by atoms with E-state index in [1.807, 2.05) is 26.2 Å². The number of aromatic nitrogens is 1. The van der Waals surface area contributed by atoms with Crippen LogP contribution in [0.2, 0.25) is 0 Å². The summed E-state index contributed by atoms with van der Waals surface area (Å²) in [7, 11) is -3.73. The van der Waals surface area contributed by atoms with Gasteiger partial charge in [-0.25, -0.2) is 13.4 Å². The highest BCUT2D eigenvalue weighted by molar-refractivity contribution is 7.89. The highest BCUT2D eigenvalue weighted by atomic mass is 32.2. The quantitative estimate of drug-likeness (QED) is 0.643. The number of amides is 2. The number of hydrogen-bond donors (Lipinski definition) is 2. The molecule has 168 valence electrons. The second-order valence-corrected chi connectivity index (χ2v) is 10.3. The van der Waals surface area contributed by atoms with Gasteiger partial charge < -0.3 is 15.4 Å². The van der Waals surface area contributed by atoms with Crippen LogP contribution in [0.1, 0.15) is 29.9 Å². The molecule has 1 atom stereocenters. The number of benzene rings is 1. The predicted octanol–water partition coefficient (Wildman–Crippen LogP) is 1.87. The molecule has 0 spiro atoms. The zero-order valence-corrected chi connectivity index (χ0v) is 19.3. The van der Waals surface area contributed by atoms with Crippen LogP contribution in [0.4, 0.5) is 5.13 Å². The Morgan fingerprint density at radius 2 is 1.94 bits per heavy atom. The molecule has 1 aliphatic rings. The number of hydrogen-bond acceptors (Lipinski definition) is 7. The highest BCUT2D eigenvalue weighted by Gasteiger charge is 2.28. The van der Waals surface area contributed by atoms with E-state index in [1.54, 1.807) is 0 Å². The van der Waals surface area contributed by atoms with Gasteiger partial charge in [-0.15, -0.1) is 11.3 Å². The van der Waals surface area contributed by atoms with Crippen molar-refractivity contribution in [2.24, 2.45) is 5.92 Å². The molecule has 31 heavy (non-hydrogen) atoms. The molecular formula is C20H26N4O5S2. The molecule has 0 aliphatic carbocycles. The van der Waals surface area contributed by atoms with Crippen molar-refractivity contribution in [3.63, 3.8) is 0 Å². The number of thiazole rings is 1. The van der Waals surface area contributed by atoms with E-state index >= 15 is 0 Å². The number of carbonyl (C=O) groups is 2. The Morgan fingerprint density at radius 1 is 1.23 bits per heavy atom. The molecule has 1 aromatic heterocycles. The maximum absolute atomic E-state index is 12.9. The summed E-state index contributed by atoms with van der Waals surface area (Å²) < 4.78 is 32.3. The third-order valence-electron chi connectivity index (χ3n) is 4.79. The van der Waals surface area contributed by atoms with Crippen molar-refractivity contribution >= 4 is 38.3 Å². The molecule has 0 unspecified atom stereocenters. The Hall–Kier alpha value is -2.34. The molecule has 11 heteroatoms. The van der Waals surface area contributed by atoms with Crippen molar-refractivity contribution in [1.82, 2.24) is 14.6 Å². The predicted molar refractivity (Wildman–Crippen MR) is 118 cm³/mol. The molecule has 2 amide bonds. The van der Waals surface area contributed by atoms with Gasteiger partial charge in [0.2, 0.25) is 15.9 Å². The number of aryl methyl sites for hydroxylation is 1. The zero-order chi connectivity index (χ0) is 22.6. The molecule has 1 saturated heterocycles. The molecule has 2 N–H and O–H groups in total. The van der Waals surface area contributed by atoms with Gasteiger partial charge >= 0.3 is 0 Å². The Balaban J connectivity index is 1.75. The van der Waals surface area contributed by atoms with Crippen molar-refractivity contribution in [1.29, 1.82) is 0 Å². The van der Waals surface area contributed by atoms with Gasteiger partial charge in [0.15, 0.2) is 5.13 Å². The van der Waals surface area contributed by atoms with E-state index in [0.29, 0.717) is 18.3 Å². The third kappa shape index (κ3) is 5.67. The minimum Gasteiger partial charge on any atom is -0.379 e. The summed E-state index contributed by atoms with van der Waals surface area (Å²) in [6.07, 6.45) is 0. The van der Waals surface area contributed by atoms with Gasteiger partial charge in [0.05, 0.1) is 23.8 Å². The lowest BCUT2D eigenvalue weighted by molar-refractivity contribution is -0.118. The van der Waals surface area contributed by atoms with E-state index in [-0.39, 0.29) is 35.4 Å². The van der Waals surface area contributed by atoms with Crippen molar-refractivity contribution in [3.05, 3.63) is 40.9 Å². The summed E-state index contributed by atoms with van der Waals surface area (Å²) in [6, 6.07) is 5.02. The number of morpholine rings is 1. The number of carbonyl (C=O) groups excluding carboxylic acids is 2. The number of ether oxygens (including phenoxy) is 1. The summed E-state index contributed by atoms with van der Waals surface area (Å²) in [4.78, 5) is 29.8. The Bertz CT molecular complexity index is 1050. The number of anilines is 1. The molecule has 1 fully saturated rings. The molecule has 9 nitrogen and oxygen atoms in total. The molecule has 2 aromatic rings. The first-order valence-corrected chi connectivity index (χ1v) is 12.2. The molecule has 0 saturated carbocycles. The van der Waals surface area contributed by atoms with E-state index in [1.165, 1.54) is 39.9 Å². The Kier molecular flexibility index (Phi) is 7.42. The van der Waals surface area contributed by atoms with Gasteiger partial charge in [0.25, 0.3) is 5.91 Å². The van der Waals surface area contributed by atoms with Gasteiger partial charge in [-0.05, 0) is 31.0 Å². The topological polar surface area (TPSA) is 118 Å². The monoisotopic (exact) mass is 466 g/mol. The number of nitrogens with zero attached hydrogens (tertiary/aromatic N) is 2. The van der Waals surface area contributed by atoms with Crippen molar-refractivity contribution in [2.75, 3.05) is 31.6 Å². The average Bonchev–Trinajstić information content (AvgIpc) is 3.16.